The summed E-state index contributed by atoms with van der Waals surface area (Å²) in [6.45, 7) is 0.499. The Balaban J connectivity index is 1.97. The van der Waals surface area contributed by atoms with Crippen LogP contribution in [-0.2, 0) is 11.3 Å². The molecule has 0 aliphatic rings. The van der Waals surface area contributed by atoms with Crippen LogP contribution in [0, 0.1) is 0 Å². The number of carbonyl (C=O) groups is 1. The average Bonchev–Trinajstić information content (AvgIpc) is 3.01. The van der Waals surface area contributed by atoms with E-state index in [0.717, 1.165) is 22.2 Å². The molecule has 4 rings (SSSR count). The van der Waals surface area contributed by atoms with Gasteiger partial charge in [-0.25, -0.2) is 14.8 Å². The van der Waals surface area contributed by atoms with E-state index in [0.29, 0.717) is 23.1 Å². The van der Waals surface area contributed by atoms with E-state index in [1.165, 1.54) is 7.11 Å². The smallest absolute Gasteiger partial charge is 0.337 e. The number of rotatable bonds is 4. The van der Waals surface area contributed by atoms with Gasteiger partial charge in [0.1, 0.15) is 16.8 Å². The second kappa shape index (κ2) is 7.30. The van der Waals surface area contributed by atoms with E-state index in [-0.39, 0.29) is 10.4 Å². The number of fused-ring (bicyclic) bond motifs is 3. The van der Waals surface area contributed by atoms with Crippen molar-refractivity contribution in [3.8, 4) is 5.75 Å². The predicted octanol–water partition coefficient (Wildman–Crippen LogP) is 4.73. The Labute approximate surface area is 170 Å². The second-order valence-electron chi connectivity index (χ2n) is 6.14. The fraction of sp³-hybridized carbons (Fsp3) is 0.150. The van der Waals surface area contributed by atoms with Crippen LogP contribution in [-0.4, -0.2) is 34.7 Å². The molecule has 0 radical (unpaired) electrons. The minimum absolute atomic E-state index is 0.0676. The number of aromatic nitrogens is 3. The zero-order valence-corrected chi connectivity index (χ0v) is 16.6. The molecule has 6 nitrogen and oxygen atoms in total. The molecule has 2 aromatic heterocycles. The zero-order valence-electron chi connectivity index (χ0n) is 15.1. The summed E-state index contributed by atoms with van der Waals surface area (Å²) in [5, 5.41) is 1.14. The zero-order chi connectivity index (χ0) is 19.8. The summed E-state index contributed by atoms with van der Waals surface area (Å²) in [6.07, 6.45) is 0. The van der Waals surface area contributed by atoms with Crippen molar-refractivity contribution in [3.05, 3.63) is 64.0 Å². The highest BCUT2D eigenvalue weighted by atomic mass is 35.5. The van der Waals surface area contributed by atoms with E-state index in [2.05, 4.69) is 9.97 Å². The lowest BCUT2D eigenvalue weighted by Gasteiger charge is -2.10. The Morgan fingerprint density at radius 1 is 1.07 bits per heavy atom. The van der Waals surface area contributed by atoms with E-state index in [1.807, 2.05) is 34.9 Å². The van der Waals surface area contributed by atoms with Gasteiger partial charge in [-0.1, -0.05) is 23.7 Å². The Morgan fingerprint density at radius 2 is 1.82 bits per heavy atom. The first kappa shape index (κ1) is 18.5. The minimum Gasteiger partial charge on any atom is -0.497 e. The Bertz CT molecular complexity index is 1200. The van der Waals surface area contributed by atoms with Crippen LogP contribution >= 0.6 is 23.2 Å². The van der Waals surface area contributed by atoms with Gasteiger partial charge >= 0.3 is 5.97 Å². The molecule has 0 atom stereocenters. The van der Waals surface area contributed by atoms with Gasteiger partial charge in [-0.2, -0.15) is 0 Å². The lowest BCUT2D eigenvalue weighted by Crippen LogP contribution is -2.03. The molecule has 28 heavy (non-hydrogen) atoms. The van der Waals surface area contributed by atoms with Crippen LogP contribution in [0.5, 0.6) is 5.75 Å². The first-order chi connectivity index (χ1) is 13.5. The number of carbonyl (C=O) groups excluding carboxylic acids is 1. The van der Waals surface area contributed by atoms with Crippen LogP contribution < -0.4 is 4.74 Å². The molecule has 0 amide bonds. The molecular weight excluding hydrogens is 401 g/mol. The van der Waals surface area contributed by atoms with Crippen LogP contribution in [0.3, 0.4) is 0 Å². The SMILES string of the molecule is COC(=O)c1ccc2c3nc(Cl)nc(Cl)c3n(Cc3ccc(OC)cc3)c2c1. The summed E-state index contributed by atoms with van der Waals surface area (Å²) >= 11 is 12.4. The molecule has 0 N–H and O–H groups in total. The first-order valence-electron chi connectivity index (χ1n) is 8.38. The van der Waals surface area contributed by atoms with Gasteiger partial charge in [0.25, 0.3) is 0 Å². The Hall–Kier alpha value is -2.83. The molecule has 2 aromatic carbocycles. The fourth-order valence-electron chi connectivity index (χ4n) is 3.23. The van der Waals surface area contributed by atoms with E-state index in [4.69, 9.17) is 32.7 Å². The van der Waals surface area contributed by atoms with Gasteiger partial charge < -0.3 is 14.0 Å². The maximum atomic E-state index is 12.0. The summed E-state index contributed by atoms with van der Waals surface area (Å²) in [7, 11) is 2.97. The van der Waals surface area contributed by atoms with Gasteiger partial charge in [0, 0.05) is 11.9 Å². The third kappa shape index (κ3) is 3.15. The number of benzene rings is 2. The van der Waals surface area contributed by atoms with Crippen LogP contribution in [0.1, 0.15) is 15.9 Å². The van der Waals surface area contributed by atoms with Crippen molar-refractivity contribution in [2.75, 3.05) is 14.2 Å². The van der Waals surface area contributed by atoms with E-state index in [9.17, 15) is 4.79 Å². The van der Waals surface area contributed by atoms with Gasteiger partial charge in [0.2, 0.25) is 5.28 Å². The van der Waals surface area contributed by atoms with E-state index >= 15 is 0 Å². The highest BCUT2D eigenvalue weighted by Crippen LogP contribution is 2.33. The molecule has 8 heteroatoms. The molecule has 0 aliphatic heterocycles. The number of halogens is 2. The third-order valence-electron chi connectivity index (χ3n) is 4.55. The first-order valence-corrected chi connectivity index (χ1v) is 9.13. The van der Waals surface area contributed by atoms with Crippen molar-refractivity contribution in [1.82, 2.24) is 14.5 Å². The largest absolute Gasteiger partial charge is 0.497 e. The molecule has 0 saturated carbocycles. The van der Waals surface area contributed by atoms with Gasteiger partial charge in [-0.3, -0.25) is 0 Å². The topological polar surface area (TPSA) is 66.2 Å². The molecule has 0 unspecified atom stereocenters. The summed E-state index contributed by atoms with van der Waals surface area (Å²) in [5.74, 6) is 0.352. The molecule has 142 valence electrons. The van der Waals surface area contributed by atoms with Gasteiger partial charge in [-0.15, -0.1) is 0 Å². The molecular formula is C20H15Cl2N3O3. The van der Waals surface area contributed by atoms with Crippen LogP contribution in [0.15, 0.2) is 42.5 Å². The summed E-state index contributed by atoms with van der Waals surface area (Å²) in [4.78, 5) is 20.5. The molecule has 0 aliphatic carbocycles. The quantitative estimate of drug-likeness (QED) is 0.273. The number of hydrogen-bond donors (Lipinski definition) is 0. The summed E-state index contributed by atoms with van der Waals surface area (Å²) in [6, 6.07) is 13.0. The maximum absolute atomic E-state index is 12.0. The Kier molecular flexibility index (Phi) is 4.83. The summed E-state index contributed by atoms with van der Waals surface area (Å²) < 4.78 is 12.0. The van der Waals surface area contributed by atoms with Crippen molar-refractivity contribution in [2.45, 2.75) is 6.54 Å². The molecule has 0 bridgehead atoms. The van der Waals surface area contributed by atoms with Gasteiger partial charge in [0.05, 0.1) is 25.3 Å². The predicted molar refractivity (Wildman–Crippen MR) is 108 cm³/mol. The van der Waals surface area contributed by atoms with Crippen LogP contribution in [0.2, 0.25) is 10.4 Å². The van der Waals surface area contributed by atoms with Crippen molar-refractivity contribution in [3.63, 3.8) is 0 Å². The number of ether oxygens (including phenoxy) is 2. The third-order valence-corrected chi connectivity index (χ3v) is 4.98. The number of nitrogens with zero attached hydrogens (tertiary/aromatic N) is 3. The lowest BCUT2D eigenvalue weighted by atomic mass is 10.1. The molecule has 4 aromatic rings. The normalized spacial score (nSPS) is 11.1. The maximum Gasteiger partial charge on any atom is 0.337 e. The second-order valence-corrected chi connectivity index (χ2v) is 6.83. The fourth-order valence-corrected chi connectivity index (χ4v) is 3.71. The van der Waals surface area contributed by atoms with Gasteiger partial charge in [0.15, 0.2) is 5.15 Å². The monoisotopic (exact) mass is 415 g/mol. The van der Waals surface area contributed by atoms with Crippen molar-refractivity contribution < 1.29 is 14.3 Å². The van der Waals surface area contributed by atoms with Crippen molar-refractivity contribution in [1.29, 1.82) is 0 Å². The number of hydrogen-bond acceptors (Lipinski definition) is 5. The average molecular weight is 416 g/mol. The van der Waals surface area contributed by atoms with Gasteiger partial charge in [-0.05, 0) is 47.5 Å². The molecule has 0 fully saturated rings. The van der Waals surface area contributed by atoms with Crippen LogP contribution in [0.4, 0.5) is 0 Å². The van der Waals surface area contributed by atoms with Crippen molar-refractivity contribution >= 4 is 51.1 Å². The lowest BCUT2D eigenvalue weighted by molar-refractivity contribution is 0.0601. The number of methoxy groups -OCH3 is 2. The van der Waals surface area contributed by atoms with Crippen molar-refractivity contribution in [2.24, 2.45) is 0 Å². The molecule has 0 saturated heterocycles. The highest BCUT2D eigenvalue weighted by molar-refractivity contribution is 6.36. The van der Waals surface area contributed by atoms with Crippen LogP contribution in [0.25, 0.3) is 21.9 Å². The highest BCUT2D eigenvalue weighted by Gasteiger charge is 2.19. The standard InChI is InChI=1S/C20H15Cl2N3O3/c1-27-13-6-3-11(4-7-13)10-25-15-9-12(19(26)28-2)5-8-14(15)16-17(25)18(21)24-20(22)23-16/h3-9H,10H2,1-2H3. The molecule has 2 heterocycles. The minimum atomic E-state index is -0.418. The van der Waals surface area contributed by atoms with E-state index in [1.54, 1.807) is 19.2 Å². The Morgan fingerprint density at radius 3 is 2.50 bits per heavy atom. The van der Waals surface area contributed by atoms with E-state index < -0.39 is 5.97 Å². The summed E-state index contributed by atoms with van der Waals surface area (Å²) in [5.41, 5.74) is 3.52. The number of esters is 1. The molecule has 0 spiro atoms.